The van der Waals surface area contributed by atoms with Crippen LogP contribution in [0.2, 0.25) is 0 Å². The number of rotatable bonds is 4. The zero-order valence-electron chi connectivity index (χ0n) is 22.4. The fraction of sp³-hybridized carbons (Fsp3) is 0.0256. The van der Waals surface area contributed by atoms with Crippen molar-refractivity contribution in [2.45, 2.75) is 6.92 Å². The van der Waals surface area contributed by atoms with E-state index in [1.807, 2.05) is 18.2 Å². The number of hydrogen-bond acceptors (Lipinski definition) is 1. The third kappa shape index (κ3) is 3.71. The Hall–Kier alpha value is -5.14. The van der Waals surface area contributed by atoms with Gasteiger partial charge in [-0.25, -0.2) is 0 Å². The Kier molecular flexibility index (Phi) is 5.91. The van der Waals surface area contributed by atoms with E-state index in [9.17, 15) is 0 Å². The molecule has 0 aliphatic rings. The lowest BCUT2D eigenvalue weighted by Gasteiger charge is -2.18. The first-order chi connectivity index (χ1) is 19.8. The van der Waals surface area contributed by atoms with Gasteiger partial charge in [0.1, 0.15) is 11.2 Å². The number of hydrogen-bond donors (Lipinski definition) is 0. The van der Waals surface area contributed by atoms with Gasteiger partial charge in [0.15, 0.2) is 0 Å². The standard InChI is InChI=1S/C39H28O/c1-3-15-30-27(4-2)37(31-20-9-8-18-28(31)26-16-6-5-7-17-26)32-21-10-11-22-33(32)38(30)35-24-14-23-34-29-19-12-13-25-36(29)40-39(34)35/h3-25H,1H2,2H3/b27-4+,30-15+. The highest BCUT2D eigenvalue weighted by molar-refractivity contribution is 6.14. The minimum Gasteiger partial charge on any atom is -0.455 e. The number of furan rings is 1. The molecule has 40 heavy (non-hydrogen) atoms. The van der Waals surface area contributed by atoms with Crippen LogP contribution in [0.5, 0.6) is 0 Å². The Bertz CT molecular complexity index is 2180. The molecule has 0 unspecified atom stereocenters. The van der Waals surface area contributed by atoms with Crippen molar-refractivity contribution in [3.05, 3.63) is 144 Å². The third-order valence-electron chi connectivity index (χ3n) is 7.82. The molecule has 0 amide bonds. The maximum atomic E-state index is 6.54. The van der Waals surface area contributed by atoms with E-state index in [-0.39, 0.29) is 0 Å². The van der Waals surface area contributed by atoms with E-state index in [0.29, 0.717) is 0 Å². The first-order valence-corrected chi connectivity index (χ1v) is 13.7. The van der Waals surface area contributed by atoms with Gasteiger partial charge < -0.3 is 4.42 Å². The molecule has 0 fully saturated rings. The molecule has 0 saturated heterocycles. The molecule has 0 aliphatic heterocycles. The van der Waals surface area contributed by atoms with Gasteiger partial charge in [-0.2, -0.15) is 0 Å². The molecule has 6 aromatic carbocycles. The van der Waals surface area contributed by atoms with Crippen molar-refractivity contribution in [1.82, 2.24) is 0 Å². The van der Waals surface area contributed by atoms with E-state index in [2.05, 4.69) is 135 Å². The second kappa shape index (κ2) is 9.87. The molecule has 1 aromatic heterocycles. The molecule has 7 aromatic rings. The van der Waals surface area contributed by atoms with Crippen LogP contribution in [0.25, 0.3) is 78.2 Å². The normalized spacial score (nSPS) is 12.5. The van der Waals surface area contributed by atoms with E-state index in [0.717, 1.165) is 38.3 Å². The van der Waals surface area contributed by atoms with Gasteiger partial charge in [0.25, 0.3) is 0 Å². The van der Waals surface area contributed by atoms with E-state index in [1.165, 1.54) is 38.2 Å². The molecule has 7 rings (SSSR count). The molecule has 0 atom stereocenters. The number of para-hydroxylation sites is 2. The highest BCUT2D eigenvalue weighted by Crippen LogP contribution is 2.40. The maximum absolute atomic E-state index is 6.54. The van der Waals surface area contributed by atoms with Crippen molar-refractivity contribution in [3.63, 3.8) is 0 Å². The summed E-state index contributed by atoms with van der Waals surface area (Å²) < 4.78 is 6.54. The first kappa shape index (κ1) is 23.9. The zero-order chi connectivity index (χ0) is 27.1. The van der Waals surface area contributed by atoms with Crippen molar-refractivity contribution < 1.29 is 4.42 Å². The SMILES string of the molecule is C=C/C=c1/c(-c2cccc3c2oc2ccccc23)c2ccccc2c(-c2ccccc2-c2ccccc2)/c1=C/C. The lowest BCUT2D eigenvalue weighted by molar-refractivity contribution is 0.670. The van der Waals surface area contributed by atoms with Gasteiger partial charge in [-0.1, -0.05) is 140 Å². The summed E-state index contributed by atoms with van der Waals surface area (Å²) in [6.45, 7) is 6.25. The van der Waals surface area contributed by atoms with Crippen LogP contribution < -0.4 is 10.4 Å². The summed E-state index contributed by atoms with van der Waals surface area (Å²) in [6, 6.07) is 42.9. The van der Waals surface area contributed by atoms with Gasteiger partial charge >= 0.3 is 0 Å². The predicted molar refractivity (Wildman–Crippen MR) is 172 cm³/mol. The van der Waals surface area contributed by atoms with Gasteiger partial charge in [-0.3, -0.25) is 0 Å². The molecule has 0 spiro atoms. The fourth-order valence-electron chi connectivity index (χ4n) is 6.16. The first-order valence-electron chi connectivity index (χ1n) is 13.7. The van der Waals surface area contributed by atoms with Gasteiger partial charge in [0, 0.05) is 21.9 Å². The number of allylic oxidation sites excluding steroid dienone is 1. The molecule has 0 saturated carbocycles. The monoisotopic (exact) mass is 512 g/mol. The average Bonchev–Trinajstić information content (AvgIpc) is 3.40. The Labute approximate surface area is 233 Å². The molecule has 1 heteroatoms. The van der Waals surface area contributed by atoms with E-state index in [1.54, 1.807) is 0 Å². The molecule has 0 N–H and O–H groups in total. The quantitative estimate of drug-likeness (QED) is 0.229. The summed E-state index contributed by atoms with van der Waals surface area (Å²) in [4.78, 5) is 0. The van der Waals surface area contributed by atoms with Crippen LogP contribution in [0.15, 0.2) is 138 Å². The zero-order valence-corrected chi connectivity index (χ0v) is 22.4. The summed E-state index contributed by atoms with van der Waals surface area (Å²) >= 11 is 0. The van der Waals surface area contributed by atoms with Crippen molar-refractivity contribution in [3.8, 4) is 33.4 Å². The van der Waals surface area contributed by atoms with Crippen molar-refractivity contribution in [1.29, 1.82) is 0 Å². The predicted octanol–water partition coefficient (Wildman–Crippen LogP) is 9.51. The molecule has 1 nitrogen and oxygen atoms in total. The van der Waals surface area contributed by atoms with E-state index < -0.39 is 0 Å². The van der Waals surface area contributed by atoms with Crippen molar-refractivity contribution in [2.24, 2.45) is 0 Å². The van der Waals surface area contributed by atoms with Gasteiger partial charge in [0.05, 0.1) is 0 Å². The summed E-state index contributed by atoms with van der Waals surface area (Å²) in [7, 11) is 0. The third-order valence-corrected chi connectivity index (χ3v) is 7.82. The lowest BCUT2D eigenvalue weighted by Crippen LogP contribution is -2.29. The summed E-state index contributed by atoms with van der Waals surface area (Å²) in [5.74, 6) is 0. The van der Waals surface area contributed by atoms with Crippen LogP contribution in [-0.2, 0) is 0 Å². The minimum atomic E-state index is 0.902. The Morgan fingerprint density at radius 1 is 0.525 bits per heavy atom. The van der Waals surface area contributed by atoms with Crippen molar-refractivity contribution >= 4 is 44.9 Å². The molecule has 190 valence electrons. The van der Waals surface area contributed by atoms with Crippen LogP contribution in [0.4, 0.5) is 0 Å². The molecule has 0 aliphatic carbocycles. The smallest absolute Gasteiger partial charge is 0.143 e. The highest BCUT2D eigenvalue weighted by Gasteiger charge is 2.19. The molecule has 1 heterocycles. The van der Waals surface area contributed by atoms with Crippen LogP contribution >= 0.6 is 0 Å². The van der Waals surface area contributed by atoms with Crippen LogP contribution in [-0.4, -0.2) is 0 Å². The van der Waals surface area contributed by atoms with Crippen LogP contribution in [0, 0.1) is 0 Å². The van der Waals surface area contributed by atoms with Crippen LogP contribution in [0.3, 0.4) is 0 Å². The fourth-order valence-corrected chi connectivity index (χ4v) is 6.16. The minimum absolute atomic E-state index is 0.902. The summed E-state index contributed by atoms with van der Waals surface area (Å²) in [6.07, 6.45) is 6.28. The molecular weight excluding hydrogens is 484 g/mol. The largest absolute Gasteiger partial charge is 0.455 e. The Morgan fingerprint density at radius 2 is 1.10 bits per heavy atom. The topological polar surface area (TPSA) is 13.1 Å². The Morgan fingerprint density at radius 3 is 1.82 bits per heavy atom. The van der Waals surface area contributed by atoms with E-state index >= 15 is 0 Å². The average molecular weight is 513 g/mol. The summed E-state index contributed by atoms with van der Waals surface area (Å²) in [5.41, 5.74) is 8.92. The Balaban J connectivity index is 1.67. The number of benzene rings is 6. The second-order valence-electron chi connectivity index (χ2n) is 10.0. The molecular formula is C39H28O. The van der Waals surface area contributed by atoms with Gasteiger partial charge in [-0.05, 0) is 56.5 Å². The van der Waals surface area contributed by atoms with Crippen molar-refractivity contribution in [2.75, 3.05) is 0 Å². The maximum Gasteiger partial charge on any atom is 0.143 e. The van der Waals surface area contributed by atoms with Gasteiger partial charge in [-0.15, -0.1) is 0 Å². The van der Waals surface area contributed by atoms with Gasteiger partial charge in [0.2, 0.25) is 0 Å². The second-order valence-corrected chi connectivity index (χ2v) is 10.0. The highest BCUT2D eigenvalue weighted by atomic mass is 16.3. The number of fused-ring (bicyclic) bond motifs is 4. The molecule has 0 radical (unpaired) electrons. The molecule has 0 bridgehead atoms. The lowest BCUT2D eigenvalue weighted by atomic mass is 9.85. The van der Waals surface area contributed by atoms with E-state index in [4.69, 9.17) is 4.42 Å². The van der Waals surface area contributed by atoms with Crippen LogP contribution in [0.1, 0.15) is 6.92 Å². The summed E-state index contributed by atoms with van der Waals surface area (Å²) in [5, 5.41) is 6.98.